The van der Waals surface area contributed by atoms with Gasteiger partial charge in [-0.2, -0.15) is 5.10 Å². The molecule has 0 aliphatic heterocycles. The first kappa shape index (κ1) is 17.9. The number of nitrogens with zero attached hydrogens (tertiary/aromatic N) is 3. The van der Waals surface area contributed by atoms with Crippen LogP contribution in [0.3, 0.4) is 0 Å². The lowest BCUT2D eigenvalue weighted by Gasteiger charge is -2.11. The zero-order chi connectivity index (χ0) is 17.5. The Labute approximate surface area is 152 Å². The highest BCUT2D eigenvalue weighted by Crippen LogP contribution is 2.33. The maximum absolute atomic E-state index is 10.9. The fourth-order valence-corrected chi connectivity index (χ4v) is 2.77. The zero-order valence-electron chi connectivity index (χ0n) is 13.0. The molecule has 0 spiro atoms. The molecule has 8 nitrogen and oxygen atoms in total. The molecule has 126 valence electrons. The lowest BCUT2D eigenvalue weighted by Crippen LogP contribution is -2.00. The third-order valence-electron chi connectivity index (χ3n) is 2.90. The number of nitrogens with one attached hydrogen (secondary N) is 1. The smallest absolute Gasteiger partial charge is 0.313 e. The van der Waals surface area contributed by atoms with Gasteiger partial charge in [0, 0.05) is 12.3 Å². The Kier molecular flexibility index (Phi) is 6.29. The number of halogens is 1. The molecule has 0 amide bonds. The standard InChI is InChI=1S/C15H15IN4O4/c1-3-24-13-8-10(7-11(16)14(13)23-2)9-18-19-15-12(20(21)22)5-4-6-17-15/h4-9H,3H2,1-2H3,(H,17,19)/b18-9-. The molecule has 1 aromatic carbocycles. The Morgan fingerprint density at radius 3 is 2.96 bits per heavy atom. The van der Waals surface area contributed by atoms with Crippen molar-refractivity contribution in [3.05, 3.63) is 49.7 Å². The van der Waals surface area contributed by atoms with Crippen molar-refractivity contribution < 1.29 is 14.4 Å². The van der Waals surface area contributed by atoms with Crippen molar-refractivity contribution in [2.45, 2.75) is 6.92 Å². The van der Waals surface area contributed by atoms with Crippen molar-refractivity contribution in [2.24, 2.45) is 5.10 Å². The van der Waals surface area contributed by atoms with Crippen LogP contribution in [0, 0.1) is 13.7 Å². The molecule has 0 aliphatic carbocycles. The van der Waals surface area contributed by atoms with Crippen molar-refractivity contribution in [2.75, 3.05) is 19.1 Å². The Hall–Kier alpha value is -2.43. The van der Waals surface area contributed by atoms with Crippen molar-refractivity contribution in [3.63, 3.8) is 0 Å². The highest BCUT2D eigenvalue weighted by Gasteiger charge is 2.13. The molecule has 1 aromatic heterocycles. The molecule has 0 atom stereocenters. The molecule has 0 saturated heterocycles. The number of hydrazone groups is 1. The van der Waals surface area contributed by atoms with Gasteiger partial charge in [-0.1, -0.05) is 0 Å². The Morgan fingerprint density at radius 1 is 1.50 bits per heavy atom. The summed E-state index contributed by atoms with van der Waals surface area (Å²) in [6.07, 6.45) is 2.98. The Morgan fingerprint density at radius 2 is 2.29 bits per heavy atom. The van der Waals surface area contributed by atoms with Crippen molar-refractivity contribution in [1.82, 2.24) is 4.98 Å². The van der Waals surface area contributed by atoms with Crippen LogP contribution in [0.25, 0.3) is 0 Å². The minimum Gasteiger partial charge on any atom is -0.492 e. The van der Waals surface area contributed by atoms with Crippen LogP contribution < -0.4 is 14.9 Å². The van der Waals surface area contributed by atoms with Crippen LogP contribution in [0.5, 0.6) is 11.5 Å². The van der Waals surface area contributed by atoms with Crippen LogP contribution in [0.4, 0.5) is 11.5 Å². The first-order valence-corrected chi connectivity index (χ1v) is 8.03. The molecular weight excluding hydrogens is 427 g/mol. The second-order valence-corrected chi connectivity index (χ2v) is 5.63. The number of benzene rings is 1. The van der Waals surface area contributed by atoms with E-state index in [-0.39, 0.29) is 11.5 Å². The number of aromatic nitrogens is 1. The molecule has 2 rings (SSSR count). The zero-order valence-corrected chi connectivity index (χ0v) is 15.2. The van der Waals surface area contributed by atoms with E-state index in [2.05, 4.69) is 38.1 Å². The summed E-state index contributed by atoms with van der Waals surface area (Å²) in [5.41, 5.74) is 3.20. The van der Waals surface area contributed by atoms with E-state index in [9.17, 15) is 10.1 Å². The van der Waals surface area contributed by atoms with Crippen molar-refractivity contribution in [1.29, 1.82) is 0 Å². The van der Waals surface area contributed by atoms with Gasteiger partial charge in [-0.25, -0.2) is 4.98 Å². The summed E-state index contributed by atoms with van der Waals surface area (Å²) < 4.78 is 11.7. The van der Waals surface area contributed by atoms with Crippen LogP contribution >= 0.6 is 22.6 Å². The molecule has 0 aliphatic rings. The summed E-state index contributed by atoms with van der Waals surface area (Å²) in [5, 5.41) is 14.9. The maximum atomic E-state index is 10.9. The molecule has 0 radical (unpaired) electrons. The van der Waals surface area contributed by atoms with Crippen LogP contribution in [-0.2, 0) is 0 Å². The van der Waals surface area contributed by atoms with Gasteiger partial charge in [0.1, 0.15) is 0 Å². The normalized spacial score (nSPS) is 10.6. The van der Waals surface area contributed by atoms with Crippen LogP contribution in [0.15, 0.2) is 35.6 Å². The van der Waals surface area contributed by atoms with E-state index in [4.69, 9.17) is 9.47 Å². The second kappa shape index (κ2) is 8.43. The van der Waals surface area contributed by atoms with Crippen molar-refractivity contribution in [3.8, 4) is 11.5 Å². The van der Waals surface area contributed by atoms with Crippen molar-refractivity contribution >= 4 is 40.3 Å². The molecule has 1 heterocycles. The highest BCUT2D eigenvalue weighted by molar-refractivity contribution is 14.1. The largest absolute Gasteiger partial charge is 0.492 e. The Bertz CT molecular complexity index is 767. The molecule has 0 unspecified atom stereocenters. The van der Waals surface area contributed by atoms with E-state index in [0.29, 0.717) is 18.1 Å². The summed E-state index contributed by atoms with van der Waals surface area (Å²) in [6, 6.07) is 6.49. The monoisotopic (exact) mass is 442 g/mol. The number of rotatable bonds is 7. The predicted octanol–water partition coefficient (Wildman–Crippen LogP) is 3.45. The molecular formula is C15H15IN4O4. The molecule has 0 fully saturated rings. The molecule has 2 aromatic rings. The fourth-order valence-electron chi connectivity index (χ4n) is 1.92. The molecule has 0 bridgehead atoms. The van der Waals surface area contributed by atoms with E-state index >= 15 is 0 Å². The van der Waals surface area contributed by atoms with Gasteiger partial charge in [-0.05, 0) is 53.3 Å². The number of nitro groups is 1. The SMILES string of the molecule is CCOc1cc(/C=N\Nc2ncccc2[N+](=O)[O-])cc(I)c1OC. The summed E-state index contributed by atoms with van der Waals surface area (Å²) in [6.45, 7) is 2.39. The van der Waals surface area contributed by atoms with Gasteiger partial charge < -0.3 is 9.47 Å². The van der Waals surface area contributed by atoms with Crippen LogP contribution in [-0.4, -0.2) is 29.8 Å². The fraction of sp³-hybridized carbons (Fsp3) is 0.200. The molecule has 0 saturated carbocycles. The summed E-state index contributed by atoms with van der Waals surface area (Å²) >= 11 is 2.14. The summed E-state index contributed by atoms with van der Waals surface area (Å²) in [7, 11) is 1.58. The number of hydrogen-bond donors (Lipinski definition) is 1. The van der Waals surface area contributed by atoms with E-state index in [1.54, 1.807) is 13.2 Å². The Balaban J connectivity index is 2.22. The van der Waals surface area contributed by atoms with Gasteiger partial charge in [0.15, 0.2) is 11.5 Å². The summed E-state index contributed by atoms with van der Waals surface area (Å²) in [4.78, 5) is 14.3. The van der Waals surface area contributed by atoms with Gasteiger partial charge in [-0.3, -0.25) is 15.5 Å². The third kappa shape index (κ3) is 4.31. The average molecular weight is 442 g/mol. The predicted molar refractivity (Wildman–Crippen MR) is 99.0 cm³/mol. The van der Waals surface area contributed by atoms with Gasteiger partial charge in [0.25, 0.3) is 0 Å². The van der Waals surface area contributed by atoms with E-state index in [1.165, 1.54) is 24.5 Å². The third-order valence-corrected chi connectivity index (χ3v) is 3.70. The van der Waals surface area contributed by atoms with Gasteiger partial charge in [0.05, 0.1) is 28.4 Å². The second-order valence-electron chi connectivity index (χ2n) is 4.47. The number of hydrogen-bond acceptors (Lipinski definition) is 7. The minimum atomic E-state index is -0.519. The lowest BCUT2D eigenvalue weighted by molar-refractivity contribution is -0.384. The number of ether oxygens (including phenoxy) is 2. The quantitative estimate of drug-likeness (QED) is 0.305. The lowest BCUT2D eigenvalue weighted by atomic mass is 10.2. The highest BCUT2D eigenvalue weighted by atomic mass is 127. The molecule has 24 heavy (non-hydrogen) atoms. The molecule has 9 heteroatoms. The number of methoxy groups -OCH3 is 1. The van der Waals surface area contributed by atoms with E-state index in [1.807, 2.05) is 13.0 Å². The average Bonchev–Trinajstić information content (AvgIpc) is 2.55. The first-order valence-electron chi connectivity index (χ1n) is 6.95. The van der Waals surface area contributed by atoms with Crippen LogP contribution in [0.1, 0.15) is 12.5 Å². The molecule has 1 N–H and O–H groups in total. The minimum absolute atomic E-state index is 0.0759. The maximum Gasteiger partial charge on any atom is 0.313 e. The summed E-state index contributed by atoms with van der Waals surface area (Å²) in [5.74, 6) is 1.34. The van der Waals surface area contributed by atoms with Gasteiger partial charge in [0.2, 0.25) is 5.82 Å². The number of pyridine rings is 1. The van der Waals surface area contributed by atoms with Crippen LogP contribution in [0.2, 0.25) is 0 Å². The topological polar surface area (TPSA) is 98.9 Å². The first-order chi connectivity index (χ1) is 11.6. The van der Waals surface area contributed by atoms with Gasteiger partial charge >= 0.3 is 5.69 Å². The van der Waals surface area contributed by atoms with Gasteiger partial charge in [-0.15, -0.1) is 0 Å². The number of anilines is 1. The van der Waals surface area contributed by atoms with E-state index in [0.717, 1.165) is 9.13 Å². The van der Waals surface area contributed by atoms with E-state index < -0.39 is 4.92 Å².